The molecule has 0 saturated heterocycles. The van der Waals surface area contributed by atoms with Gasteiger partial charge in [0.1, 0.15) is 0 Å². The molecule has 0 bridgehead atoms. The van der Waals surface area contributed by atoms with Crippen LogP contribution in [0.1, 0.15) is 0 Å². The molecule has 0 aliphatic rings. The fraction of sp³-hybridized carbons (Fsp3) is 0. The summed E-state index contributed by atoms with van der Waals surface area (Å²) in [5.74, 6) is 0. The van der Waals surface area contributed by atoms with Crippen LogP contribution in [0.4, 0.5) is 0 Å². The van der Waals surface area contributed by atoms with Crippen LogP contribution >= 0.6 is 34.8 Å². The highest BCUT2D eigenvalue weighted by molar-refractivity contribution is 6.43. The van der Waals surface area contributed by atoms with Crippen LogP contribution in [0.15, 0.2) is 12.1 Å². The molecule has 1 radical (unpaired) electrons. The topological polar surface area (TPSA) is 0 Å². The largest absolute Gasteiger partial charge is 0.0836 e. The van der Waals surface area contributed by atoms with Gasteiger partial charge in [0.25, 0.3) is 0 Å². The Hall–Kier alpha value is 0.0900. The zero-order valence-corrected chi connectivity index (χ0v) is 6.56. The normalized spacial score (nSPS) is 9.67. The summed E-state index contributed by atoms with van der Waals surface area (Å²) in [6.07, 6.45) is 0. The van der Waals surface area contributed by atoms with Crippen LogP contribution < -0.4 is 0 Å². The van der Waals surface area contributed by atoms with Gasteiger partial charge in [-0.2, -0.15) is 0 Å². The number of hydrogen-bond acceptors (Lipinski definition) is 0. The Bertz CT molecular complexity index is 220. The van der Waals surface area contributed by atoms with Gasteiger partial charge in [-0.3, -0.25) is 0 Å². The maximum atomic E-state index is 5.58. The van der Waals surface area contributed by atoms with E-state index in [0.717, 1.165) is 0 Å². The molecule has 0 atom stereocenters. The second-order valence-corrected chi connectivity index (χ2v) is 2.70. The summed E-state index contributed by atoms with van der Waals surface area (Å²) in [7, 11) is 0. The van der Waals surface area contributed by atoms with E-state index in [1.807, 2.05) is 0 Å². The molecule has 1 rings (SSSR count). The molecule has 0 aliphatic carbocycles. The first-order valence-corrected chi connectivity index (χ1v) is 3.36. The van der Waals surface area contributed by atoms with E-state index in [0.29, 0.717) is 15.1 Å². The minimum Gasteiger partial charge on any atom is -0.0836 e. The predicted molar refractivity (Wildman–Crippen MR) is 40.3 cm³/mol. The van der Waals surface area contributed by atoms with E-state index in [9.17, 15) is 0 Å². The number of benzene rings is 1. The third-order valence-electron chi connectivity index (χ3n) is 0.818. The standard InChI is InChI=1S/C6H2Cl3/c7-4-1-2-5(8)6(9)3-4/h2-3H. The average Bonchev–Trinajstić information content (AvgIpc) is 1.80. The predicted octanol–water partition coefficient (Wildman–Crippen LogP) is 3.45. The first-order chi connectivity index (χ1) is 4.20. The average molecular weight is 180 g/mol. The van der Waals surface area contributed by atoms with Gasteiger partial charge in [-0.25, -0.2) is 0 Å². The second-order valence-electron chi connectivity index (χ2n) is 1.48. The Morgan fingerprint density at radius 2 is 1.78 bits per heavy atom. The molecular weight excluding hydrogens is 178 g/mol. The van der Waals surface area contributed by atoms with Gasteiger partial charge < -0.3 is 0 Å². The lowest BCUT2D eigenvalue weighted by molar-refractivity contribution is 1.69. The van der Waals surface area contributed by atoms with Crippen molar-refractivity contribution in [3.8, 4) is 0 Å². The van der Waals surface area contributed by atoms with Crippen molar-refractivity contribution in [2.45, 2.75) is 0 Å². The zero-order valence-electron chi connectivity index (χ0n) is 4.29. The quantitative estimate of drug-likeness (QED) is 0.537. The molecule has 3 heteroatoms. The summed E-state index contributed by atoms with van der Waals surface area (Å²) in [6.45, 7) is 0. The van der Waals surface area contributed by atoms with Gasteiger partial charge in [0.05, 0.1) is 15.1 Å². The molecule has 9 heavy (non-hydrogen) atoms. The molecule has 0 amide bonds. The third kappa shape index (κ3) is 1.75. The Balaban J connectivity index is 3.17. The molecule has 1 aromatic rings. The number of rotatable bonds is 0. The van der Waals surface area contributed by atoms with Crippen LogP contribution in [0, 0.1) is 6.07 Å². The lowest BCUT2D eigenvalue weighted by Gasteiger charge is -1.92. The molecule has 0 aromatic heterocycles. The Morgan fingerprint density at radius 1 is 1.11 bits per heavy atom. The van der Waals surface area contributed by atoms with Crippen LogP contribution in [0.25, 0.3) is 0 Å². The molecule has 0 heterocycles. The van der Waals surface area contributed by atoms with E-state index in [-0.39, 0.29) is 0 Å². The molecule has 0 fully saturated rings. The van der Waals surface area contributed by atoms with Gasteiger partial charge in [-0.05, 0) is 12.1 Å². The number of hydrogen-bond donors (Lipinski definition) is 0. The SMILES string of the molecule is Clc1[c]cc(Cl)c(Cl)c1. The highest BCUT2D eigenvalue weighted by Gasteiger charge is 1.95. The molecule has 47 valence electrons. The van der Waals surface area contributed by atoms with Crippen LogP contribution in [-0.2, 0) is 0 Å². The lowest BCUT2D eigenvalue weighted by atomic mass is 10.4. The van der Waals surface area contributed by atoms with Gasteiger partial charge in [0.2, 0.25) is 0 Å². The van der Waals surface area contributed by atoms with E-state index >= 15 is 0 Å². The summed E-state index contributed by atoms with van der Waals surface area (Å²) in [5, 5.41) is 1.41. The van der Waals surface area contributed by atoms with E-state index in [4.69, 9.17) is 34.8 Å². The van der Waals surface area contributed by atoms with Crippen molar-refractivity contribution in [2.75, 3.05) is 0 Å². The van der Waals surface area contributed by atoms with Crippen LogP contribution in [0.5, 0.6) is 0 Å². The highest BCUT2D eigenvalue weighted by atomic mass is 35.5. The van der Waals surface area contributed by atoms with Gasteiger partial charge >= 0.3 is 0 Å². The van der Waals surface area contributed by atoms with Crippen molar-refractivity contribution in [1.29, 1.82) is 0 Å². The van der Waals surface area contributed by atoms with E-state index in [2.05, 4.69) is 6.07 Å². The fourth-order valence-corrected chi connectivity index (χ4v) is 0.915. The smallest absolute Gasteiger partial charge is 0.0607 e. The van der Waals surface area contributed by atoms with Crippen molar-refractivity contribution >= 4 is 34.8 Å². The Morgan fingerprint density at radius 3 is 2.22 bits per heavy atom. The van der Waals surface area contributed by atoms with Crippen LogP contribution in [0.2, 0.25) is 15.1 Å². The monoisotopic (exact) mass is 179 g/mol. The maximum Gasteiger partial charge on any atom is 0.0607 e. The van der Waals surface area contributed by atoms with Gasteiger partial charge in [-0.1, -0.05) is 34.8 Å². The Labute approximate surface area is 68.3 Å². The van der Waals surface area contributed by atoms with Gasteiger partial charge in [0.15, 0.2) is 0 Å². The minimum atomic E-state index is 0.459. The second kappa shape index (κ2) is 2.78. The fourth-order valence-electron chi connectivity index (χ4n) is 0.423. The highest BCUT2D eigenvalue weighted by Crippen LogP contribution is 2.23. The van der Waals surface area contributed by atoms with Crippen molar-refractivity contribution in [1.82, 2.24) is 0 Å². The summed E-state index contributed by atoms with van der Waals surface area (Å²) < 4.78 is 0. The maximum absolute atomic E-state index is 5.58. The third-order valence-corrected chi connectivity index (χ3v) is 1.76. The van der Waals surface area contributed by atoms with Gasteiger partial charge in [-0.15, -0.1) is 0 Å². The molecular formula is C6H2Cl3. The molecule has 0 aliphatic heterocycles. The molecule has 0 nitrogen and oxygen atoms in total. The van der Waals surface area contributed by atoms with E-state index in [1.165, 1.54) is 6.07 Å². The Kier molecular flexibility index (Phi) is 2.23. The van der Waals surface area contributed by atoms with Crippen molar-refractivity contribution in [3.63, 3.8) is 0 Å². The van der Waals surface area contributed by atoms with E-state index in [1.54, 1.807) is 6.07 Å². The molecule has 0 saturated carbocycles. The van der Waals surface area contributed by atoms with Crippen molar-refractivity contribution < 1.29 is 0 Å². The van der Waals surface area contributed by atoms with E-state index < -0.39 is 0 Å². The van der Waals surface area contributed by atoms with Crippen LogP contribution in [-0.4, -0.2) is 0 Å². The minimum absolute atomic E-state index is 0.459. The lowest BCUT2D eigenvalue weighted by Crippen LogP contribution is -1.67. The molecule has 0 unspecified atom stereocenters. The van der Waals surface area contributed by atoms with Crippen molar-refractivity contribution in [2.24, 2.45) is 0 Å². The summed E-state index contributed by atoms with van der Waals surface area (Å²) in [5.41, 5.74) is 0. The summed E-state index contributed by atoms with van der Waals surface area (Å²) >= 11 is 16.7. The van der Waals surface area contributed by atoms with Gasteiger partial charge in [0, 0.05) is 6.07 Å². The molecule has 0 N–H and O–H groups in total. The molecule has 0 spiro atoms. The molecule has 1 aromatic carbocycles. The summed E-state index contributed by atoms with van der Waals surface area (Å²) in [4.78, 5) is 0. The first kappa shape index (κ1) is 7.20. The van der Waals surface area contributed by atoms with Crippen LogP contribution in [0.3, 0.4) is 0 Å². The number of halogens is 3. The van der Waals surface area contributed by atoms with Crippen molar-refractivity contribution in [3.05, 3.63) is 33.3 Å². The summed E-state index contributed by atoms with van der Waals surface area (Å²) in [6, 6.07) is 5.77. The zero-order chi connectivity index (χ0) is 6.85. The first-order valence-electron chi connectivity index (χ1n) is 2.22.